The lowest BCUT2D eigenvalue weighted by molar-refractivity contribution is -0.0760. The highest BCUT2D eigenvalue weighted by atomic mass is 16.5. The Morgan fingerprint density at radius 3 is 2.75 bits per heavy atom. The van der Waals surface area contributed by atoms with Crippen molar-refractivity contribution in [2.75, 3.05) is 5.32 Å². The summed E-state index contributed by atoms with van der Waals surface area (Å²) < 4.78 is 5.92. The van der Waals surface area contributed by atoms with Gasteiger partial charge in [0.25, 0.3) is 5.91 Å². The van der Waals surface area contributed by atoms with Crippen molar-refractivity contribution in [3.05, 3.63) is 54.4 Å². The van der Waals surface area contributed by atoms with Gasteiger partial charge in [-0.1, -0.05) is 18.2 Å². The number of nitrogens with two attached hydrogens (primary N) is 1. The van der Waals surface area contributed by atoms with Crippen LogP contribution in [0.5, 0.6) is 5.88 Å². The van der Waals surface area contributed by atoms with E-state index < -0.39 is 5.91 Å². The molecule has 2 saturated carbocycles. The van der Waals surface area contributed by atoms with E-state index in [4.69, 9.17) is 10.5 Å². The predicted molar refractivity (Wildman–Crippen MR) is 105 cm³/mol. The molecule has 0 atom stereocenters. The molecule has 3 N–H and O–H groups in total. The van der Waals surface area contributed by atoms with Gasteiger partial charge < -0.3 is 15.8 Å². The van der Waals surface area contributed by atoms with Crippen molar-refractivity contribution in [3.8, 4) is 5.88 Å². The molecule has 2 aliphatic rings. The second-order valence-electron chi connectivity index (χ2n) is 7.87. The molecule has 7 heteroatoms. The zero-order valence-corrected chi connectivity index (χ0v) is 15.3. The third-order valence-corrected chi connectivity index (χ3v) is 5.82. The van der Waals surface area contributed by atoms with E-state index in [9.17, 15) is 4.79 Å². The van der Waals surface area contributed by atoms with Crippen LogP contribution in [-0.2, 0) is 0 Å². The van der Waals surface area contributed by atoms with E-state index in [1.807, 2.05) is 30.5 Å². The van der Waals surface area contributed by atoms with Gasteiger partial charge >= 0.3 is 0 Å². The van der Waals surface area contributed by atoms with Crippen molar-refractivity contribution in [3.63, 3.8) is 0 Å². The molecule has 142 valence electrons. The van der Waals surface area contributed by atoms with E-state index >= 15 is 0 Å². The number of pyridine rings is 1. The number of para-hydroxylation sites is 1. The Balaban J connectivity index is 1.15. The van der Waals surface area contributed by atoms with Gasteiger partial charge in [-0.15, -0.1) is 0 Å². The number of benzene rings is 1. The molecule has 7 nitrogen and oxygen atoms in total. The summed E-state index contributed by atoms with van der Waals surface area (Å²) in [4.78, 5) is 24.6. The van der Waals surface area contributed by atoms with Gasteiger partial charge in [0.05, 0.1) is 5.52 Å². The number of amides is 1. The average molecular weight is 375 g/mol. The van der Waals surface area contributed by atoms with Crippen LogP contribution in [0.2, 0.25) is 0 Å². The summed E-state index contributed by atoms with van der Waals surface area (Å²) >= 11 is 0. The van der Waals surface area contributed by atoms with E-state index in [1.54, 1.807) is 18.3 Å². The normalized spacial score (nSPS) is 25.7. The number of primary amides is 1. The quantitative estimate of drug-likeness (QED) is 0.711. The first-order valence-corrected chi connectivity index (χ1v) is 9.50. The molecule has 1 aromatic carbocycles. The molecule has 2 aromatic heterocycles. The van der Waals surface area contributed by atoms with Crippen molar-refractivity contribution in [1.82, 2.24) is 15.0 Å². The average Bonchev–Trinajstić information content (AvgIpc) is 2.64. The molecule has 5 rings (SSSR count). The molecular weight excluding hydrogens is 354 g/mol. The number of aromatic nitrogens is 3. The fourth-order valence-corrected chi connectivity index (χ4v) is 4.46. The van der Waals surface area contributed by atoms with Crippen molar-refractivity contribution in [1.29, 1.82) is 0 Å². The van der Waals surface area contributed by atoms with Crippen molar-refractivity contribution in [2.24, 2.45) is 11.1 Å². The van der Waals surface area contributed by atoms with Crippen LogP contribution in [0.15, 0.2) is 48.8 Å². The fourth-order valence-electron chi connectivity index (χ4n) is 4.46. The van der Waals surface area contributed by atoms with E-state index in [-0.39, 0.29) is 6.10 Å². The lowest BCUT2D eigenvalue weighted by Gasteiger charge is -2.57. The second kappa shape index (κ2) is 6.44. The van der Waals surface area contributed by atoms with Crippen LogP contribution in [0.25, 0.3) is 10.9 Å². The standard InChI is InChI=1S/C21H21N5O2/c22-18(27)16-5-3-7-23-19(16)28-15-10-21(11-15)8-14(9-21)25-20-24-12-13-4-1-2-6-17(13)26-20/h1-7,12,14-15H,8-11H2,(H2,22,27)(H,24,25,26). The molecule has 28 heavy (non-hydrogen) atoms. The molecule has 0 saturated heterocycles. The molecule has 2 heterocycles. The Morgan fingerprint density at radius 1 is 1.11 bits per heavy atom. The molecule has 0 aliphatic heterocycles. The summed E-state index contributed by atoms with van der Waals surface area (Å²) in [6.45, 7) is 0. The Morgan fingerprint density at radius 2 is 1.93 bits per heavy atom. The lowest BCUT2D eigenvalue weighted by atomic mass is 9.53. The molecular formula is C21H21N5O2. The minimum absolute atomic E-state index is 0.0888. The zero-order valence-electron chi connectivity index (χ0n) is 15.3. The second-order valence-corrected chi connectivity index (χ2v) is 7.87. The maximum atomic E-state index is 11.5. The van der Waals surface area contributed by atoms with Crippen LogP contribution >= 0.6 is 0 Å². The fraction of sp³-hybridized carbons (Fsp3) is 0.333. The number of ether oxygens (including phenoxy) is 1. The molecule has 0 radical (unpaired) electrons. The molecule has 2 aliphatic carbocycles. The molecule has 2 fully saturated rings. The Hall–Kier alpha value is -3.22. The summed E-state index contributed by atoms with van der Waals surface area (Å²) in [6.07, 6.45) is 7.66. The van der Waals surface area contributed by atoms with Crippen LogP contribution in [-0.4, -0.2) is 33.0 Å². The van der Waals surface area contributed by atoms with E-state index in [1.165, 1.54) is 0 Å². The highest BCUT2D eigenvalue weighted by Gasteiger charge is 2.54. The van der Waals surface area contributed by atoms with Gasteiger partial charge in [-0.05, 0) is 49.3 Å². The molecule has 1 amide bonds. The summed E-state index contributed by atoms with van der Waals surface area (Å²) in [5.41, 5.74) is 7.00. The first-order chi connectivity index (χ1) is 13.6. The van der Waals surface area contributed by atoms with Crippen LogP contribution in [0.1, 0.15) is 36.0 Å². The molecule has 0 bridgehead atoms. The third-order valence-electron chi connectivity index (χ3n) is 5.82. The van der Waals surface area contributed by atoms with Crippen LogP contribution in [0.3, 0.4) is 0 Å². The Labute approximate surface area is 162 Å². The largest absolute Gasteiger partial charge is 0.474 e. The summed E-state index contributed by atoms with van der Waals surface area (Å²) in [7, 11) is 0. The third kappa shape index (κ3) is 3.02. The van der Waals surface area contributed by atoms with Crippen LogP contribution in [0, 0.1) is 5.41 Å². The number of hydrogen-bond acceptors (Lipinski definition) is 6. The van der Waals surface area contributed by atoms with Gasteiger partial charge in [-0.3, -0.25) is 4.79 Å². The highest BCUT2D eigenvalue weighted by molar-refractivity contribution is 5.94. The summed E-state index contributed by atoms with van der Waals surface area (Å²) in [6, 6.07) is 11.7. The smallest absolute Gasteiger partial charge is 0.254 e. The number of fused-ring (bicyclic) bond motifs is 1. The zero-order chi connectivity index (χ0) is 19.1. The highest BCUT2D eigenvalue weighted by Crippen LogP contribution is 2.57. The van der Waals surface area contributed by atoms with E-state index in [0.29, 0.717) is 28.8 Å². The summed E-state index contributed by atoms with van der Waals surface area (Å²) in [5, 5.41) is 4.49. The number of anilines is 1. The Kier molecular flexibility index (Phi) is 3.89. The number of rotatable bonds is 5. The minimum atomic E-state index is -0.513. The van der Waals surface area contributed by atoms with Gasteiger partial charge in [0, 0.05) is 23.8 Å². The lowest BCUT2D eigenvalue weighted by Crippen LogP contribution is -2.56. The predicted octanol–water partition coefficient (Wildman–Crippen LogP) is 2.93. The SMILES string of the molecule is NC(=O)c1cccnc1OC1CC2(CC(Nc3ncc4ccccc4n3)C2)C1. The van der Waals surface area contributed by atoms with E-state index in [0.717, 1.165) is 36.6 Å². The number of carbonyl (C=O) groups excluding carboxylic acids is 1. The maximum Gasteiger partial charge on any atom is 0.254 e. The number of hydrogen-bond donors (Lipinski definition) is 2. The Bertz CT molecular complexity index is 1040. The van der Waals surface area contributed by atoms with Crippen LogP contribution < -0.4 is 15.8 Å². The number of carbonyl (C=O) groups is 1. The number of nitrogens with one attached hydrogen (secondary N) is 1. The maximum absolute atomic E-state index is 11.5. The topological polar surface area (TPSA) is 103 Å². The van der Waals surface area contributed by atoms with Crippen molar-refractivity contribution in [2.45, 2.75) is 37.8 Å². The van der Waals surface area contributed by atoms with Crippen molar-refractivity contribution < 1.29 is 9.53 Å². The monoisotopic (exact) mass is 375 g/mol. The van der Waals surface area contributed by atoms with Gasteiger partial charge in [0.1, 0.15) is 11.7 Å². The van der Waals surface area contributed by atoms with Gasteiger partial charge in [0.15, 0.2) is 0 Å². The van der Waals surface area contributed by atoms with E-state index in [2.05, 4.69) is 20.3 Å². The first-order valence-electron chi connectivity index (χ1n) is 9.50. The van der Waals surface area contributed by atoms with Gasteiger partial charge in [0.2, 0.25) is 11.8 Å². The van der Waals surface area contributed by atoms with Gasteiger partial charge in [-0.2, -0.15) is 0 Å². The number of nitrogens with zero attached hydrogens (tertiary/aromatic N) is 3. The van der Waals surface area contributed by atoms with Crippen LogP contribution in [0.4, 0.5) is 5.95 Å². The molecule has 3 aromatic rings. The van der Waals surface area contributed by atoms with Crippen molar-refractivity contribution >= 4 is 22.8 Å². The summed E-state index contributed by atoms with van der Waals surface area (Å²) in [5.74, 6) is 0.513. The van der Waals surface area contributed by atoms with Gasteiger partial charge in [-0.25, -0.2) is 15.0 Å². The molecule has 0 unspecified atom stereocenters. The first kappa shape index (κ1) is 16.9. The minimum Gasteiger partial charge on any atom is -0.474 e. The molecule has 1 spiro atoms.